The van der Waals surface area contributed by atoms with E-state index in [0.29, 0.717) is 30.6 Å². The van der Waals surface area contributed by atoms with E-state index in [1.807, 2.05) is 20.8 Å². The fourth-order valence-corrected chi connectivity index (χ4v) is 2.00. The van der Waals surface area contributed by atoms with Gasteiger partial charge in [-0.15, -0.1) is 12.4 Å². The van der Waals surface area contributed by atoms with Gasteiger partial charge >= 0.3 is 0 Å². The molecule has 0 fully saturated rings. The summed E-state index contributed by atoms with van der Waals surface area (Å²) in [4.78, 5) is 25.5. The standard InChI is InChI=1S/C16H24N2O2.ClH/c1-5-14(19)12-6-8-13(9-7-12)15(20)18(4)11-16(2,3)10-17;/h6-9H,5,10-11,17H2,1-4H3;1H. The maximum atomic E-state index is 12.3. The van der Waals surface area contributed by atoms with E-state index in [9.17, 15) is 9.59 Å². The van der Waals surface area contributed by atoms with Gasteiger partial charge in [-0.1, -0.05) is 32.9 Å². The molecule has 1 aromatic rings. The summed E-state index contributed by atoms with van der Waals surface area (Å²) in [6, 6.07) is 6.83. The highest BCUT2D eigenvalue weighted by Crippen LogP contribution is 2.16. The van der Waals surface area contributed by atoms with Gasteiger partial charge in [0.1, 0.15) is 0 Å². The third kappa shape index (κ3) is 5.48. The number of benzene rings is 1. The van der Waals surface area contributed by atoms with E-state index < -0.39 is 0 Å². The van der Waals surface area contributed by atoms with Crippen molar-refractivity contribution in [3.8, 4) is 0 Å². The van der Waals surface area contributed by atoms with E-state index in [1.165, 1.54) is 0 Å². The van der Waals surface area contributed by atoms with Crippen LogP contribution in [0.2, 0.25) is 0 Å². The van der Waals surface area contributed by atoms with Crippen molar-refractivity contribution < 1.29 is 9.59 Å². The number of halogens is 1. The molecule has 2 N–H and O–H groups in total. The van der Waals surface area contributed by atoms with E-state index >= 15 is 0 Å². The first-order chi connectivity index (χ1) is 9.30. The Hall–Kier alpha value is -1.39. The molecule has 21 heavy (non-hydrogen) atoms. The zero-order valence-electron chi connectivity index (χ0n) is 13.2. The molecule has 0 unspecified atom stereocenters. The quantitative estimate of drug-likeness (QED) is 0.821. The summed E-state index contributed by atoms with van der Waals surface area (Å²) in [6.45, 7) is 7.00. The van der Waals surface area contributed by atoms with Crippen molar-refractivity contribution in [2.45, 2.75) is 27.2 Å². The highest BCUT2D eigenvalue weighted by Gasteiger charge is 2.21. The molecule has 0 heterocycles. The largest absolute Gasteiger partial charge is 0.341 e. The first kappa shape index (κ1) is 19.6. The molecule has 0 spiro atoms. The second kappa shape index (κ2) is 8.15. The van der Waals surface area contributed by atoms with Crippen LogP contribution in [-0.4, -0.2) is 36.7 Å². The number of Topliss-reactive ketones (excluding diaryl/α,β-unsaturated/α-hetero) is 1. The molecule has 0 aromatic heterocycles. The number of hydrogen-bond acceptors (Lipinski definition) is 3. The van der Waals surface area contributed by atoms with Gasteiger partial charge in [0, 0.05) is 31.1 Å². The van der Waals surface area contributed by atoms with Crippen molar-refractivity contribution in [3.05, 3.63) is 35.4 Å². The molecule has 0 radical (unpaired) electrons. The summed E-state index contributed by atoms with van der Waals surface area (Å²) in [5.41, 5.74) is 6.82. The summed E-state index contributed by atoms with van der Waals surface area (Å²) in [5, 5.41) is 0. The van der Waals surface area contributed by atoms with Gasteiger partial charge in [-0.3, -0.25) is 9.59 Å². The SMILES string of the molecule is CCC(=O)c1ccc(C(=O)N(C)CC(C)(C)CN)cc1.Cl. The Morgan fingerprint density at radius 1 is 1.14 bits per heavy atom. The maximum Gasteiger partial charge on any atom is 0.253 e. The number of nitrogens with zero attached hydrogens (tertiary/aromatic N) is 1. The van der Waals surface area contributed by atoms with Crippen molar-refractivity contribution >= 4 is 24.1 Å². The lowest BCUT2D eigenvalue weighted by Crippen LogP contribution is -2.39. The zero-order chi connectivity index (χ0) is 15.3. The Bertz CT molecular complexity index is 484. The summed E-state index contributed by atoms with van der Waals surface area (Å²) in [7, 11) is 1.77. The molecular formula is C16H25ClN2O2. The topological polar surface area (TPSA) is 63.4 Å². The lowest BCUT2D eigenvalue weighted by atomic mass is 9.93. The highest BCUT2D eigenvalue weighted by molar-refractivity contribution is 5.98. The zero-order valence-corrected chi connectivity index (χ0v) is 14.0. The molecule has 1 rings (SSSR count). The molecule has 0 atom stereocenters. The van der Waals surface area contributed by atoms with Crippen molar-refractivity contribution in [2.75, 3.05) is 20.1 Å². The van der Waals surface area contributed by atoms with E-state index in [2.05, 4.69) is 0 Å². The fraction of sp³-hybridized carbons (Fsp3) is 0.500. The minimum Gasteiger partial charge on any atom is -0.341 e. The van der Waals surface area contributed by atoms with E-state index in [0.717, 1.165) is 0 Å². The third-order valence-corrected chi connectivity index (χ3v) is 3.34. The normalized spacial score (nSPS) is 10.7. The monoisotopic (exact) mass is 312 g/mol. The highest BCUT2D eigenvalue weighted by atomic mass is 35.5. The molecule has 5 heteroatoms. The molecule has 0 saturated carbocycles. The average molecular weight is 313 g/mol. The van der Waals surface area contributed by atoms with Crippen LogP contribution in [0.1, 0.15) is 47.9 Å². The van der Waals surface area contributed by atoms with Crippen LogP contribution < -0.4 is 5.73 Å². The summed E-state index contributed by atoms with van der Waals surface area (Å²) >= 11 is 0. The van der Waals surface area contributed by atoms with Gasteiger partial charge in [0.05, 0.1) is 0 Å². The van der Waals surface area contributed by atoms with Gasteiger partial charge in [-0.25, -0.2) is 0 Å². The molecule has 0 aliphatic heterocycles. The second-order valence-electron chi connectivity index (χ2n) is 5.88. The van der Waals surface area contributed by atoms with Crippen LogP contribution in [0.4, 0.5) is 0 Å². The number of hydrogen-bond donors (Lipinski definition) is 1. The minimum absolute atomic E-state index is 0. The molecule has 118 valence electrons. The van der Waals surface area contributed by atoms with E-state index in [1.54, 1.807) is 36.2 Å². The van der Waals surface area contributed by atoms with Gasteiger partial charge in [0.25, 0.3) is 5.91 Å². The minimum atomic E-state index is -0.109. The van der Waals surface area contributed by atoms with E-state index in [-0.39, 0.29) is 29.5 Å². The first-order valence-corrected chi connectivity index (χ1v) is 6.89. The van der Waals surface area contributed by atoms with Crippen LogP contribution in [0.25, 0.3) is 0 Å². The van der Waals surface area contributed by atoms with Crippen molar-refractivity contribution in [3.63, 3.8) is 0 Å². The van der Waals surface area contributed by atoms with Crippen LogP contribution >= 0.6 is 12.4 Å². The molecular weight excluding hydrogens is 288 g/mol. The number of rotatable bonds is 6. The number of ketones is 1. The fourth-order valence-electron chi connectivity index (χ4n) is 2.00. The second-order valence-corrected chi connectivity index (χ2v) is 5.88. The number of nitrogens with two attached hydrogens (primary N) is 1. The van der Waals surface area contributed by atoms with Gasteiger partial charge in [-0.05, 0) is 24.1 Å². The molecule has 1 aromatic carbocycles. The van der Waals surface area contributed by atoms with Crippen LogP contribution in [0, 0.1) is 5.41 Å². The van der Waals surface area contributed by atoms with Crippen molar-refractivity contribution in [1.29, 1.82) is 0 Å². The maximum absolute atomic E-state index is 12.3. The molecule has 0 aliphatic carbocycles. The molecule has 0 bridgehead atoms. The summed E-state index contributed by atoms with van der Waals surface area (Å²) in [5.74, 6) is 0.0311. The van der Waals surface area contributed by atoms with Crippen molar-refractivity contribution in [1.82, 2.24) is 4.90 Å². The van der Waals surface area contributed by atoms with Gasteiger partial charge < -0.3 is 10.6 Å². The van der Waals surface area contributed by atoms with Crippen LogP contribution in [-0.2, 0) is 0 Å². The lowest BCUT2D eigenvalue weighted by Gasteiger charge is -2.29. The van der Waals surface area contributed by atoms with Gasteiger partial charge in [-0.2, -0.15) is 0 Å². The Morgan fingerprint density at radius 2 is 1.62 bits per heavy atom. The van der Waals surface area contributed by atoms with Crippen LogP contribution in [0.15, 0.2) is 24.3 Å². The van der Waals surface area contributed by atoms with Crippen LogP contribution in [0.3, 0.4) is 0 Å². The smallest absolute Gasteiger partial charge is 0.253 e. The lowest BCUT2D eigenvalue weighted by molar-refractivity contribution is 0.0740. The van der Waals surface area contributed by atoms with Gasteiger partial charge in [0.2, 0.25) is 0 Å². The average Bonchev–Trinajstić information content (AvgIpc) is 2.45. The first-order valence-electron chi connectivity index (χ1n) is 6.89. The Morgan fingerprint density at radius 3 is 2.05 bits per heavy atom. The Balaban J connectivity index is 0.00000400. The van der Waals surface area contributed by atoms with E-state index in [4.69, 9.17) is 5.73 Å². The predicted molar refractivity (Wildman–Crippen MR) is 88.1 cm³/mol. The van der Waals surface area contributed by atoms with Crippen LogP contribution in [0.5, 0.6) is 0 Å². The number of amides is 1. The van der Waals surface area contributed by atoms with Crippen molar-refractivity contribution in [2.24, 2.45) is 11.1 Å². The summed E-state index contributed by atoms with van der Waals surface area (Å²) < 4.78 is 0. The molecule has 0 aliphatic rings. The predicted octanol–water partition coefficient (Wildman–Crippen LogP) is 2.76. The molecule has 0 saturated heterocycles. The number of carbonyl (C=O) groups is 2. The summed E-state index contributed by atoms with van der Waals surface area (Å²) in [6.07, 6.45) is 0.470. The molecule has 4 nitrogen and oxygen atoms in total. The Kier molecular flexibility index (Phi) is 7.61. The third-order valence-electron chi connectivity index (χ3n) is 3.34. The number of carbonyl (C=O) groups excluding carboxylic acids is 2. The Labute approximate surface area is 133 Å². The molecule has 1 amide bonds. The van der Waals surface area contributed by atoms with Gasteiger partial charge in [0.15, 0.2) is 5.78 Å².